The molecule has 0 aliphatic carbocycles. The van der Waals surface area contributed by atoms with Crippen molar-refractivity contribution in [1.29, 1.82) is 0 Å². The number of rotatable bonds is 7. The van der Waals surface area contributed by atoms with Crippen molar-refractivity contribution in [2.24, 2.45) is 0 Å². The molecule has 3 heterocycles. The molecule has 1 amide bonds. The zero-order valence-electron chi connectivity index (χ0n) is 23.2. The SMILES string of the molecule is CC(C)(C)OC(=O)N1CCC(c2ncc(Nc3cccnc3OC(c3ccccc3)c3ccccc3)cn2)CC1. The maximum Gasteiger partial charge on any atom is 0.410 e. The standard InChI is InChI=1S/C32H35N5O3/c1-32(2,3)40-31(38)37-19-16-25(17-20-37)29-34-21-26(22-35-29)36-27-15-10-18-33-30(27)39-28(23-11-6-4-7-12-23)24-13-8-5-9-14-24/h4-15,18,21-22,25,28,36H,16-17,19-20H2,1-3H3. The van der Waals surface area contributed by atoms with Gasteiger partial charge in [-0.1, -0.05) is 60.7 Å². The van der Waals surface area contributed by atoms with E-state index in [9.17, 15) is 4.79 Å². The van der Waals surface area contributed by atoms with Crippen LogP contribution in [0.25, 0.3) is 0 Å². The number of hydrogen-bond donors (Lipinski definition) is 1. The summed E-state index contributed by atoms with van der Waals surface area (Å²) in [7, 11) is 0. The molecule has 2 aromatic carbocycles. The van der Waals surface area contributed by atoms with Crippen LogP contribution in [-0.2, 0) is 4.74 Å². The molecule has 5 rings (SSSR count). The fourth-order valence-electron chi connectivity index (χ4n) is 4.69. The Labute approximate surface area is 235 Å². The monoisotopic (exact) mass is 537 g/mol. The molecule has 40 heavy (non-hydrogen) atoms. The van der Waals surface area contributed by atoms with E-state index in [4.69, 9.17) is 9.47 Å². The minimum Gasteiger partial charge on any atom is -0.463 e. The van der Waals surface area contributed by atoms with Crippen molar-refractivity contribution in [3.63, 3.8) is 0 Å². The van der Waals surface area contributed by atoms with E-state index in [1.165, 1.54) is 0 Å². The van der Waals surface area contributed by atoms with Crippen LogP contribution in [-0.4, -0.2) is 44.6 Å². The molecule has 1 N–H and O–H groups in total. The van der Waals surface area contributed by atoms with E-state index >= 15 is 0 Å². The minimum absolute atomic E-state index is 0.197. The largest absolute Gasteiger partial charge is 0.463 e. The third-order valence-corrected chi connectivity index (χ3v) is 6.67. The van der Waals surface area contributed by atoms with Crippen LogP contribution >= 0.6 is 0 Å². The van der Waals surface area contributed by atoms with Gasteiger partial charge in [-0.2, -0.15) is 0 Å². The van der Waals surface area contributed by atoms with Crippen LogP contribution < -0.4 is 10.1 Å². The summed E-state index contributed by atoms with van der Waals surface area (Å²) < 4.78 is 12.0. The summed E-state index contributed by atoms with van der Waals surface area (Å²) in [5.74, 6) is 1.46. The average Bonchev–Trinajstić information content (AvgIpc) is 2.97. The molecular weight excluding hydrogens is 502 g/mol. The Morgan fingerprint density at radius 2 is 1.48 bits per heavy atom. The van der Waals surface area contributed by atoms with E-state index in [1.807, 2.05) is 69.3 Å². The van der Waals surface area contributed by atoms with Gasteiger partial charge in [0.05, 0.1) is 18.1 Å². The number of pyridine rings is 1. The van der Waals surface area contributed by atoms with Crippen molar-refractivity contribution in [3.05, 3.63) is 108 Å². The lowest BCUT2D eigenvalue weighted by atomic mass is 9.96. The van der Waals surface area contributed by atoms with Gasteiger partial charge >= 0.3 is 6.09 Å². The first kappa shape index (κ1) is 27.1. The van der Waals surface area contributed by atoms with E-state index in [0.29, 0.717) is 19.0 Å². The molecule has 0 bridgehead atoms. The molecule has 1 aliphatic heterocycles. The van der Waals surface area contributed by atoms with E-state index in [-0.39, 0.29) is 18.1 Å². The van der Waals surface area contributed by atoms with Crippen LogP contribution in [0.5, 0.6) is 5.88 Å². The predicted octanol–water partition coefficient (Wildman–Crippen LogP) is 6.90. The molecule has 8 heteroatoms. The van der Waals surface area contributed by atoms with E-state index in [0.717, 1.165) is 41.2 Å². The molecular formula is C32H35N5O3. The number of nitrogens with one attached hydrogen (secondary N) is 1. The van der Waals surface area contributed by atoms with Crippen molar-refractivity contribution >= 4 is 17.5 Å². The van der Waals surface area contributed by atoms with Gasteiger partial charge in [0, 0.05) is 25.2 Å². The second kappa shape index (κ2) is 12.2. The first-order valence-electron chi connectivity index (χ1n) is 13.6. The fraction of sp³-hybridized carbons (Fsp3) is 0.312. The van der Waals surface area contributed by atoms with Crippen molar-refractivity contribution in [2.75, 3.05) is 18.4 Å². The highest BCUT2D eigenvalue weighted by Crippen LogP contribution is 2.33. The highest BCUT2D eigenvalue weighted by atomic mass is 16.6. The van der Waals surface area contributed by atoms with Crippen LogP contribution in [0.3, 0.4) is 0 Å². The second-order valence-electron chi connectivity index (χ2n) is 10.9. The van der Waals surface area contributed by atoms with Crippen LogP contribution in [0.4, 0.5) is 16.2 Å². The molecule has 8 nitrogen and oxygen atoms in total. The first-order chi connectivity index (χ1) is 19.4. The Kier molecular flexibility index (Phi) is 8.24. The number of nitrogens with zero attached hydrogens (tertiary/aromatic N) is 4. The van der Waals surface area contributed by atoms with Crippen LogP contribution in [0, 0.1) is 0 Å². The van der Waals surface area contributed by atoms with Crippen molar-refractivity contribution in [2.45, 2.75) is 51.2 Å². The zero-order valence-corrected chi connectivity index (χ0v) is 23.2. The van der Waals surface area contributed by atoms with E-state index < -0.39 is 5.60 Å². The number of ether oxygens (including phenoxy) is 2. The maximum absolute atomic E-state index is 12.4. The van der Waals surface area contributed by atoms with Gasteiger partial charge in [-0.05, 0) is 56.9 Å². The van der Waals surface area contributed by atoms with Crippen LogP contribution in [0.15, 0.2) is 91.4 Å². The lowest BCUT2D eigenvalue weighted by molar-refractivity contribution is 0.0203. The van der Waals surface area contributed by atoms with Gasteiger partial charge in [-0.3, -0.25) is 0 Å². The Balaban J connectivity index is 1.26. The number of likely N-dealkylation sites (tertiary alicyclic amines) is 1. The molecule has 2 aromatic heterocycles. The first-order valence-corrected chi connectivity index (χ1v) is 13.6. The molecule has 0 radical (unpaired) electrons. The van der Waals surface area contributed by atoms with Gasteiger partial charge in [0.1, 0.15) is 17.1 Å². The molecule has 0 atom stereocenters. The summed E-state index contributed by atoms with van der Waals surface area (Å²) in [5, 5.41) is 3.37. The molecule has 206 valence electrons. The average molecular weight is 538 g/mol. The van der Waals surface area contributed by atoms with Crippen molar-refractivity contribution in [1.82, 2.24) is 19.9 Å². The summed E-state index contributed by atoms with van der Waals surface area (Å²) in [5.41, 5.74) is 3.04. The van der Waals surface area contributed by atoms with Gasteiger partial charge in [-0.25, -0.2) is 19.7 Å². The van der Waals surface area contributed by atoms with Gasteiger partial charge in [0.2, 0.25) is 5.88 Å². The Morgan fingerprint density at radius 3 is 2.05 bits per heavy atom. The summed E-state index contributed by atoms with van der Waals surface area (Å²) >= 11 is 0. The molecule has 0 spiro atoms. The summed E-state index contributed by atoms with van der Waals surface area (Å²) in [6.45, 7) is 6.90. The number of amides is 1. The number of aromatic nitrogens is 3. The van der Waals surface area contributed by atoms with Crippen LogP contribution in [0.2, 0.25) is 0 Å². The lowest BCUT2D eigenvalue weighted by Gasteiger charge is -2.32. The number of anilines is 2. The normalized spacial score (nSPS) is 14.2. The maximum atomic E-state index is 12.4. The smallest absolute Gasteiger partial charge is 0.410 e. The molecule has 1 fully saturated rings. The van der Waals surface area contributed by atoms with E-state index in [2.05, 4.69) is 44.5 Å². The van der Waals surface area contributed by atoms with Gasteiger partial charge in [0.25, 0.3) is 0 Å². The molecule has 1 saturated heterocycles. The quantitative estimate of drug-likeness (QED) is 0.274. The summed E-state index contributed by atoms with van der Waals surface area (Å²) in [6, 6.07) is 24.0. The fourth-order valence-corrected chi connectivity index (χ4v) is 4.69. The van der Waals surface area contributed by atoms with Crippen molar-refractivity contribution in [3.8, 4) is 5.88 Å². The number of hydrogen-bond acceptors (Lipinski definition) is 7. The summed E-state index contributed by atoms with van der Waals surface area (Å²) in [4.78, 5) is 28.0. The third-order valence-electron chi connectivity index (χ3n) is 6.67. The molecule has 4 aromatic rings. The predicted molar refractivity (Wildman–Crippen MR) is 155 cm³/mol. The van der Waals surface area contributed by atoms with Gasteiger partial charge in [0.15, 0.2) is 6.10 Å². The highest BCUT2D eigenvalue weighted by Gasteiger charge is 2.28. The third kappa shape index (κ3) is 6.94. The van der Waals surface area contributed by atoms with Gasteiger partial charge < -0.3 is 19.7 Å². The number of carbonyl (C=O) groups excluding carboxylic acids is 1. The number of carbonyl (C=O) groups is 1. The Hall–Kier alpha value is -4.46. The molecule has 1 aliphatic rings. The number of piperidine rings is 1. The van der Waals surface area contributed by atoms with Crippen LogP contribution in [0.1, 0.15) is 62.6 Å². The van der Waals surface area contributed by atoms with Crippen molar-refractivity contribution < 1.29 is 14.3 Å². The topological polar surface area (TPSA) is 89.5 Å². The second-order valence-corrected chi connectivity index (χ2v) is 10.9. The lowest BCUT2D eigenvalue weighted by Crippen LogP contribution is -2.41. The number of benzene rings is 2. The summed E-state index contributed by atoms with van der Waals surface area (Å²) in [6.07, 6.45) is 6.30. The molecule has 0 unspecified atom stereocenters. The minimum atomic E-state index is -0.497. The zero-order chi connectivity index (χ0) is 28.0. The highest BCUT2D eigenvalue weighted by molar-refractivity contribution is 5.68. The Morgan fingerprint density at radius 1 is 0.875 bits per heavy atom. The van der Waals surface area contributed by atoms with Gasteiger partial charge in [-0.15, -0.1) is 0 Å². The Bertz CT molecular complexity index is 1340. The molecule has 0 saturated carbocycles. The van der Waals surface area contributed by atoms with E-state index in [1.54, 1.807) is 23.5 Å².